The van der Waals surface area contributed by atoms with Gasteiger partial charge in [-0.25, -0.2) is 4.79 Å². The lowest BCUT2D eigenvalue weighted by Crippen LogP contribution is -2.48. The Kier molecular flexibility index (Phi) is 7.03. The zero-order valence-electron chi connectivity index (χ0n) is 11.8. The van der Waals surface area contributed by atoms with E-state index >= 15 is 0 Å². The smallest absolute Gasteiger partial charge is 0.329 e. The highest BCUT2D eigenvalue weighted by molar-refractivity contribution is 8.14. The third-order valence-corrected chi connectivity index (χ3v) is 4.94. The molecular formula is C12H18N2O5S2. The van der Waals surface area contributed by atoms with E-state index in [4.69, 9.17) is 4.74 Å². The number of carbonyl (C=O) groups is 4. The second-order valence-electron chi connectivity index (χ2n) is 4.50. The summed E-state index contributed by atoms with van der Waals surface area (Å²) < 4.78 is 4.89. The Morgan fingerprint density at radius 1 is 1.62 bits per heavy atom. The Morgan fingerprint density at radius 2 is 2.33 bits per heavy atom. The molecule has 7 nitrogen and oxygen atoms in total. The molecule has 0 aromatic heterocycles. The van der Waals surface area contributed by atoms with Gasteiger partial charge in [-0.05, 0) is 6.92 Å². The number of esters is 1. The first kappa shape index (κ1) is 17.8. The maximum Gasteiger partial charge on any atom is 0.329 e. The molecule has 0 saturated carbocycles. The SMILES string of the molecule is CCOC(=O)C(CSCC1(C=O)CSC(=O)N1)NC(C)=O. The lowest BCUT2D eigenvalue weighted by atomic mass is 10.1. The summed E-state index contributed by atoms with van der Waals surface area (Å²) in [5, 5.41) is 4.90. The number of hydrogen-bond acceptors (Lipinski definition) is 7. The molecule has 2 atom stereocenters. The molecule has 0 spiro atoms. The van der Waals surface area contributed by atoms with E-state index in [-0.39, 0.29) is 23.5 Å². The van der Waals surface area contributed by atoms with E-state index in [1.54, 1.807) is 6.92 Å². The van der Waals surface area contributed by atoms with Crippen molar-refractivity contribution in [2.45, 2.75) is 25.4 Å². The molecule has 0 bridgehead atoms. The summed E-state index contributed by atoms with van der Waals surface area (Å²) in [4.78, 5) is 45.2. The van der Waals surface area contributed by atoms with Gasteiger partial charge in [0.15, 0.2) is 0 Å². The molecule has 1 aliphatic heterocycles. The van der Waals surface area contributed by atoms with Crippen LogP contribution in [0.2, 0.25) is 0 Å². The third-order valence-electron chi connectivity index (χ3n) is 2.63. The molecule has 1 saturated heterocycles. The van der Waals surface area contributed by atoms with Crippen molar-refractivity contribution in [3.05, 3.63) is 0 Å². The number of rotatable bonds is 8. The Bertz CT molecular complexity index is 432. The second kappa shape index (κ2) is 8.28. The first-order valence-corrected chi connectivity index (χ1v) is 8.49. The summed E-state index contributed by atoms with van der Waals surface area (Å²) in [7, 11) is 0. The van der Waals surface area contributed by atoms with Crippen molar-refractivity contribution in [3.63, 3.8) is 0 Å². The van der Waals surface area contributed by atoms with Crippen molar-refractivity contribution < 1.29 is 23.9 Å². The van der Waals surface area contributed by atoms with Crippen molar-refractivity contribution in [3.8, 4) is 0 Å². The number of ether oxygens (including phenoxy) is 1. The Hall–Kier alpha value is -1.22. The Labute approximate surface area is 131 Å². The molecule has 118 valence electrons. The quantitative estimate of drug-likeness (QED) is 0.482. The van der Waals surface area contributed by atoms with Crippen LogP contribution in [-0.4, -0.2) is 58.8 Å². The first-order chi connectivity index (χ1) is 9.92. The lowest BCUT2D eigenvalue weighted by Gasteiger charge is -2.22. The molecule has 0 aromatic rings. The summed E-state index contributed by atoms with van der Waals surface area (Å²) in [6.07, 6.45) is 0.718. The molecule has 2 unspecified atom stereocenters. The largest absolute Gasteiger partial charge is 0.464 e. The summed E-state index contributed by atoms with van der Waals surface area (Å²) in [5.41, 5.74) is -0.901. The first-order valence-electron chi connectivity index (χ1n) is 6.35. The van der Waals surface area contributed by atoms with Gasteiger partial charge in [0.05, 0.1) is 6.61 Å². The van der Waals surface area contributed by atoms with Crippen LogP contribution >= 0.6 is 23.5 Å². The molecule has 2 N–H and O–H groups in total. The summed E-state index contributed by atoms with van der Waals surface area (Å²) in [6.45, 7) is 3.23. The van der Waals surface area contributed by atoms with Crippen LogP contribution in [0.4, 0.5) is 4.79 Å². The van der Waals surface area contributed by atoms with Gasteiger partial charge in [-0.3, -0.25) is 9.59 Å². The maximum absolute atomic E-state index is 11.7. The maximum atomic E-state index is 11.7. The van der Waals surface area contributed by atoms with E-state index in [0.29, 0.717) is 11.5 Å². The number of nitrogens with one attached hydrogen (secondary N) is 2. The molecular weight excluding hydrogens is 316 g/mol. The molecule has 0 aliphatic carbocycles. The summed E-state index contributed by atoms with van der Waals surface area (Å²) in [5.74, 6) is 0.139. The number of thioether (sulfide) groups is 2. The number of hydrogen-bond donors (Lipinski definition) is 2. The van der Waals surface area contributed by atoms with Crippen molar-refractivity contribution in [2.24, 2.45) is 0 Å². The van der Waals surface area contributed by atoms with Gasteiger partial charge in [0.2, 0.25) is 5.91 Å². The zero-order chi connectivity index (χ0) is 15.9. The van der Waals surface area contributed by atoms with Crippen molar-refractivity contribution in [1.82, 2.24) is 10.6 Å². The van der Waals surface area contributed by atoms with E-state index < -0.39 is 17.6 Å². The van der Waals surface area contributed by atoms with Gasteiger partial charge in [0.25, 0.3) is 5.24 Å². The van der Waals surface area contributed by atoms with Crippen molar-refractivity contribution in [2.75, 3.05) is 23.9 Å². The normalized spacial score (nSPS) is 22.3. The van der Waals surface area contributed by atoms with Gasteiger partial charge in [-0.1, -0.05) is 11.8 Å². The second-order valence-corrected chi connectivity index (χ2v) is 6.47. The minimum Gasteiger partial charge on any atom is -0.464 e. The minimum absolute atomic E-state index is 0.227. The van der Waals surface area contributed by atoms with Crippen LogP contribution in [0.25, 0.3) is 0 Å². The van der Waals surface area contributed by atoms with Gasteiger partial charge in [0, 0.05) is 24.2 Å². The van der Waals surface area contributed by atoms with E-state index in [9.17, 15) is 19.2 Å². The zero-order valence-corrected chi connectivity index (χ0v) is 13.5. The lowest BCUT2D eigenvalue weighted by molar-refractivity contribution is -0.146. The van der Waals surface area contributed by atoms with Crippen LogP contribution in [0, 0.1) is 0 Å². The van der Waals surface area contributed by atoms with Crippen LogP contribution in [-0.2, 0) is 19.1 Å². The predicted octanol–water partition coefficient (Wildman–Crippen LogP) is 0.181. The fraction of sp³-hybridized carbons (Fsp3) is 0.667. The van der Waals surface area contributed by atoms with E-state index in [1.807, 2.05) is 0 Å². The van der Waals surface area contributed by atoms with Crippen LogP contribution in [0.5, 0.6) is 0 Å². The molecule has 9 heteroatoms. The van der Waals surface area contributed by atoms with Crippen LogP contribution in [0.15, 0.2) is 0 Å². The Morgan fingerprint density at radius 3 is 2.81 bits per heavy atom. The standard InChI is InChI=1S/C12H18N2O5S2/c1-3-19-10(17)9(13-8(2)16)4-20-6-12(5-15)7-21-11(18)14-12/h5,9H,3-4,6-7H2,1-2H3,(H,13,16)(H,14,18). The minimum atomic E-state index is -0.901. The van der Waals surface area contributed by atoms with Gasteiger partial charge in [0.1, 0.15) is 17.9 Å². The molecule has 1 heterocycles. The monoisotopic (exact) mass is 334 g/mol. The fourth-order valence-corrected chi connectivity index (χ4v) is 3.88. The van der Waals surface area contributed by atoms with Crippen molar-refractivity contribution >= 4 is 46.9 Å². The average Bonchev–Trinajstić information content (AvgIpc) is 2.80. The Balaban J connectivity index is 2.52. The van der Waals surface area contributed by atoms with Crippen LogP contribution < -0.4 is 10.6 Å². The molecule has 21 heavy (non-hydrogen) atoms. The summed E-state index contributed by atoms with van der Waals surface area (Å²) in [6, 6.07) is -0.763. The van der Waals surface area contributed by atoms with E-state index in [1.165, 1.54) is 18.7 Å². The molecule has 0 radical (unpaired) electrons. The van der Waals surface area contributed by atoms with E-state index in [2.05, 4.69) is 10.6 Å². The van der Waals surface area contributed by atoms with Crippen LogP contribution in [0.1, 0.15) is 13.8 Å². The molecule has 1 aliphatic rings. The van der Waals surface area contributed by atoms with Crippen molar-refractivity contribution in [1.29, 1.82) is 0 Å². The van der Waals surface area contributed by atoms with Crippen LogP contribution in [0.3, 0.4) is 0 Å². The fourth-order valence-electron chi connectivity index (χ4n) is 1.66. The topological polar surface area (TPSA) is 102 Å². The number of amides is 2. The van der Waals surface area contributed by atoms with Gasteiger partial charge < -0.3 is 20.2 Å². The highest BCUT2D eigenvalue weighted by Gasteiger charge is 2.38. The highest BCUT2D eigenvalue weighted by atomic mass is 32.2. The van der Waals surface area contributed by atoms with Gasteiger partial charge in [-0.2, -0.15) is 11.8 Å². The third kappa shape index (κ3) is 5.58. The predicted molar refractivity (Wildman–Crippen MR) is 81.3 cm³/mol. The molecule has 0 aromatic carbocycles. The van der Waals surface area contributed by atoms with Gasteiger partial charge >= 0.3 is 5.97 Å². The highest BCUT2D eigenvalue weighted by Crippen LogP contribution is 2.25. The summed E-state index contributed by atoms with van der Waals surface area (Å²) >= 11 is 2.36. The average molecular weight is 334 g/mol. The number of carbonyl (C=O) groups excluding carboxylic acids is 4. The number of aldehydes is 1. The van der Waals surface area contributed by atoms with Gasteiger partial charge in [-0.15, -0.1) is 0 Å². The van der Waals surface area contributed by atoms with E-state index in [0.717, 1.165) is 18.0 Å². The molecule has 1 rings (SSSR count). The molecule has 1 fully saturated rings. The molecule has 2 amide bonds.